The Labute approximate surface area is 200 Å². The van der Waals surface area contributed by atoms with Gasteiger partial charge in [0.15, 0.2) is 5.75 Å². The van der Waals surface area contributed by atoms with Crippen LogP contribution in [0.5, 0.6) is 11.5 Å². The molecule has 0 amide bonds. The zero-order chi connectivity index (χ0) is 22.0. The van der Waals surface area contributed by atoms with Crippen molar-refractivity contribution in [3.8, 4) is 22.9 Å². The van der Waals surface area contributed by atoms with Crippen molar-refractivity contribution >= 4 is 60.5 Å². The number of nitrogens with zero attached hydrogens (tertiary/aromatic N) is 1. The fourth-order valence-corrected chi connectivity index (χ4v) is 4.87. The number of H-pyrrole nitrogens is 1. The number of hydrogen-bond acceptors (Lipinski definition) is 3. The van der Waals surface area contributed by atoms with E-state index in [9.17, 15) is 4.79 Å². The highest BCUT2D eigenvalue weighted by molar-refractivity contribution is 9.11. The summed E-state index contributed by atoms with van der Waals surface area (Å²) >= 11 is 13.2. The lowest BCUT2D eigenvalue weighted by molar-refractivity contribution is -0.137. The second-order valence-electron chi connectivity index (χ2n) is 7.01. The topological polar surface area (TPSA) is 75.2 Å². The molecule has 3 aromatic carbocycles. The van der Waals surface area contributed by atoms with Crippen molar-refractivity contribution in [3.63, 3.8) is 0 Å². The number of aromatic amines is 1. The monoisotopic (exact) mass is 562 g/mol. The lowest BCUT2D eigenvalue weighted by Crippen LogP contribution is -1.96. The van der Waals surface area contributed by atoms with Gasteiger partial charge in [-0.2, -0.15) is 0 Å². The molecule has 0 radical (unpaired) electrons. The predicted molar refractivity (Wildman–Crippen MR) is 129 cm³/mol. The van der Waals surface area contributed by atoms with E-state index >= 15 is 0 Å². The maximum atomic E-state index is 10.7. The molecule has 31 heavy (non-hydrogen) atoms. The van der Waals surface area contributed by atoms with Gasteiger partial charge in [-0.1, -0.05) is 23.7 Å². The number of fused-ring (bicyclic) bond motifs is 1. The summed E-state index contributed by atoms with van der Waals surface area (Å²) in [5.74, 6) is 1.26. The molecule has 0 unspecified atom stereocenters. The Balaban J connectivity index is 1.56. The van der Waals surface area contributed by atoms with Crippen LogP contribution >= 0.6 is 43.5 Å². The summed E-state index contributed by atoms with van der Waals surface area (Å²) in [5.41, 5.74) is 3.62. The second kappa shape index (κ2) is 9.42. The molecule has 2 N–H and O–H groups in total. The zero-order valence-corrected chi connectivity index (χ0v) is 20.1. The number of ether oxygens (including phenoxy) is 1. The molecule has 0 saturated heterocycles. The average molecular weight is 565 g/mol. The summed E-state index contributed by atoms with van der Waals surface area (Å²) in [5, 5.41) is 9.47. The van der Waals surface area contributed by atoms with E-state index in [4.69, 9.17) is 21.4 Å². The Kier molecular flexibility index (Phi) is 6.65. The Bertz CT molecular complexity index is 1250. The minimum absolute atomic E-state index is 0.148. The van der Waals surface area contributed by atoms with Crippen LogP contribution in [0.15, 0.2) is 63.5 Å². The van der Waals surface area contributed by atoms with E-state index in [-0.39, 0.29) is 6.42 Å². The molecular formula is C23H17Br2ClN2O3. The lowest BCUT2D eigenvalue weighted by Gasteiger charge is -2.12. The van der Waals surface area contributed by atoms with Crippen LogP contribution in [-0.2, 0) is 11.2 Å². The first-order chi connectivity index (χ1) is 14.9. The Morgan fingerprint density at radius 1 is 1.10 bits per heavy atom. The number of nitrogens with one attached hydrogen (secondary N) is 1. The van der Waals surface area contributed by atoms with Crippen molar-refractivity contribution in [2.75, 3.05) is 0 Å². The maximum Gasteiger partial charge on any atom is 0.303 e. The van der Waals surface area contributed by atoms with Crippen LogP contribution in [0.25, 0.3) is 22.4 Å². The first kappa shape index (κ1) is 21.9. The lowest BCUT2D eigenvalue weighted by atomic mass is 10.1. The third kappa shape index (κ3) is 5.29. The number of aromatic nitrogens is 2. The van der Waals surface area contributed by atoms with E-state index in [1.807, 2.05) is 54.6 Å². The highest BCUT2D eigenvalue weighted by Crippen LogP contribution is 2.39. The van der Waals surface area contributed by atoms with Gasteiger partial charge in [0.25, 0.3) is 0 Å². The highest BCUT2D eigenvalue weighted by Gasteiger charge is 2.13. The van der Waals surface area contributed by atoms with Gasteiger partial charge in [-0.25, -0.2) is 4.98 Å². The highest BCUT2D eigenvalue weighted by atomic mass is 79.9. The average Bonchev–Trinajstić information content (AvgIpc) is 3.14. The van der Waals surface area contributed by atoms with Crippen molar-refractivity contribution in [1.82, 2.24) is 9.97 Å². The van der Waals surface area contributed by atoms with Crippen LogP contribution in [0.3, 0.4) is 0 Å². The van der Waals surface area contributed by atoms with E-state index < -0.39 is 5.97 Å². The quantitative estimate of drug-likeness (QED) is 0.242. The number of imidazole rings is 1. The Morgan fingerprint density at radius 2 is 1.87 bits per heavy atom. The number of carbonyl (C=O) groups is 1. The van der Waals surface area contributed by atoms with Gasteiger partial charge < -0.3 is 14.8 Å². The predicted octanol–water partition coefficient (Wildman–Crippen LogP) is 7.61. The maximum absolute atomic E-state index is 10.7. The molecule has 0 aliphatic heterocycles. The first-order valence-electron chi connectivity index (χ1n) is 9.52. The number of aliphatic carboxylic acids is 1. The Hall–Kier alpha value is -2.35. The molecule has 158 valence electrons. The second-order valence-corrected chi connectivity index (χ2v) is 9.16. The molecule has 5 nitrogen and oxygen atoms in total. The van der Waals surface area contributed by atoms with Gasteiger partial charge in [-0.3, -0.25) is 4.79 Å². The minimum Gasteiger partial charge on any atom is -0.481 e. The summed E-state index contributed by atoms with van der Waals surface area (Å²) in [4.78, 5) is 18.7. The first-order valence-corrected chi connectivity index (χ1v) is 11.5. The largest absolute Gasteiger partial charge is 0.481 e. The van der Waals surface area contributed by atoms with Crippen LogP contribution < -0.4 is 4.74 Å². The summed E-state index contributed by atoms with van der Waals surface area (Å²) < 4.78 is 7.70. The number of aryl methyl sites for hydroxylation is 1. The van der Waals surface area contributed by atoms with Crippen molar-refractivity contribution in [1.29, 1.82) is 0 Å². The van der Waals surface area contributed by atoms with E-state index in [0.29, 0.717) is 29.4 Å². The number of hydrogen-bond donors (Lipinski definition) is 2. The standard InChI is InChI=1S/C23H17Br2ClN2O3/c24-17-9-13(3-1-6-21(29)30)10-18(25)22(17)31-16-7-8-19-20(12-16)28-23(27-19)14-4-2-5-15(26)11-14/h2,4-5,7-12H,1,3,6H2,(H,27,28)(H,29,30). The van der Waals surface area contributed by atoms with Crippen LogP contribution in [0.1, 0.15) is 18.4 Å². The van der Waals surface area contributed by atoms with Gasteiger partial charge in [0.1, 0.15) is 11.6 Å². The van der Waals surface area contributed by atoms with Crippen molar-refractivity contribution < 1.29 is 14.6 Å². The molecule has 0 saturated carbocycles. The minimum atomic E-state index is -0.786. The smallest absolute Gasteiger partial charge is 0.303 e. The van der Waals surface area contributed by atoms with E-state index in [1.165, 1.54) is 0 Å². The van der Waals surface area contributed by atoms with Gasteiger partial charge in [0.2, 0.25) is 0 Å². The van der Waals surface area contributed by atoms with Crippen molar-refractivity contribution in [3.05, 3.63) is 74.1 Å². The number of carboxylic acid groups (broad SMARTS) is 1. The molecule has 0 aliphatic carbocycles. The van der Waals surface area contributed by atoms with Crippen LogP contribution in [0.2, 0.25) is 5.02 Å². The number of rotatable bonds is 7. The zero-order valence-electron chi connectivity index (χ0n) is 16.2. The molecule has 1 aromatic heterocycles. The van der Waals surface area contributed by atoms with Crippen LogP contribution in [0.4, 0.5) is 0 Å². The van der Waals surface area contributed by atoms with E-state index in [1.54, 1.807) is 0 Å². The Morgan fingerprint density at radius 3 is 2.58 bits per heavy atom. The molecule has 8 heteroatoms. The molecule has 1 heterocycles. The van der Waals surface area contributed by atoms with Gasteiger partial charge in [-0.05, 0) is 86.7 Å². The third-order valence-corrected chi connectivity index (χ3v) is 6.10. The van der Waals surface area contributed by atoms with Gasteiger partial charge in [0, 0.05) is 23.1 Å². The van der Waals surface area contributed by atoms with Crippen LogP contribution in [-0.4, -0.2) is 21.0 Å². The molecule has 4 rings (SSSR count). The molecule has 0 atom stereocenters. The fourth-order valence-electron chi connectivity index (χ4n) is 3.24. The van der Waals surface area contributed by atoms with E-state index in [0.717, 1.165) is 36.9 Å². The summed E-state index contributed by atoms with van der Waals surface area (Å²) in [6.45, 7) is 0. The molecule has 0 spiro atoms. The molecular weight excluding hydrogens is 548 g/mol. The van der Waals surface area contributed by atoms with E-state index in [2.05, 4.69) is 41.8 Å². The van der Waals surface area contributed by atoms with Crippen LogP contribution in [0, 0.1) is 0 Å². The summed E-state index contributed by atoms with van der Waals surface area (Å²) in [6, 6.07) is 17.1. The van der Waals surface area contributed by atoms with Crippen molar-refractivity contribution in [2.45, 2.75) is 19.3 Å². The SMILES string of the molecule is O=C(O)CCCc1cc(Br)c(Oc2ccc3nc(-c4cccc(Cl)c4)[nH]c3c2)c(Br)c1. The fraction of sp³-hybridized carbons (Fsp3) is 0.130. The number of halogens is 3. The molecule has 4 aromatic rings. The molecule has 0 fully saturated rings. The number of carboxylic acids is 1. The van der Waals surface area contributed by atoms with Crippen molar-refractivity contribution in [2.24, 2.45) is 0 Å². The van der Waals surface area contributed by atoms with Gasteiger partial charge >= 0.3 is 5.97 Å². The molecule has 0 bridgehead atoms. The third-order valence-electron chi connectivity index (χ3n) is 4.69. The van der Waals surface area contributed by atoms with Gasteiger partial charge in [-0.15, -0.1) is 0 Å². The number of benzene rings is 3. The normalized spacial score (nSPS) is 11.1. The summed E-state index contributed by atoms with van der Waals surface area (Å²) in [7, 11) is 0. The summed E-state index contributed by atoms with van der Waals surface area (Å²) in [6.07, 6.45) is 1.41. The van der Waals surface area contributed by atoms with Gasteiger partial charge in [0.05, 0.1) is 20.0 Å². The molecule has 0 aliphatic rings.